The lowest BCUT2D eigenvalue weighted by Gasteiger charge is -1.98. The van der Waals surface area contributed by atoms with Crippen molar-refractivity contribution in [3.63, 3.8) is 0 Å². The molecule has 0 aromatic carbocycles. The Bertz CT molecular complexity index is 413. The van der Waals surface area contributed by atoms with E-state index in [0.717, 1.165) is 18.9 Å². The van der Waals surface area contributed by atoms with E-state index in [0.29, 0.717) is 0 Å². The number of ether oxygens (including phenoxy) is 2. The van der Waals surface area contributed by atoms with Crippen LogP contribution in [0.5, 0.6) is 0 Å². The lowest BCUT2D eigenvalue weighted by atomic mass is 10.2. The van der Waals surface area contributed by atoms with Crippen LogP contribution in [0.3, 0.4) is 0 Å². The molecule has 0 radical (unpaired) electrons. The minimum Gasteiger partial charge on any atom is -0.465 e. The van der Waals surface area contributed by atoms with E-state index in [9.17, 15) is 14.0 Å². The fourth-order valence-electron chi connectivity index (χ4n) is 1.03. The molecular weight excluding hydrogens is 207 g/mol. The topological polar surface area (TPSA) is 70.4 Å². The number of carbonyl (C=O) groups is 2. The molecule has 1 aromatic heterocycles. The van der Waals surface area contributed by atoms with E-state index < -0.39 is 29.1 Å². The maximum atomic E-state index is 13.3. The molecule has 1 heterocycles. The number of rotatable bonds is 2. The van der Waals surface area contributed by atoms with Crippen molar-refractivity contribution in [2.75, 3.05) is 14.2 Å². The van der Waals surface area contributed by atoms with Gasteiger partial charge in [0.2, 0.25) is 5.95 Å². The van der Waals surface area contributed by atoms with Crippen molar-refractivity contribution in [3.8, 4) is 0 Å². The van der Waals surface area contributed by atoms with Gasteiger partial charge in [0, 0.05) is 7.05 Å². The second-order valence-electron chi connectivity index (χ2n) is 2.62. The standard InChI is InChI=1S/C8H9FN2O4/c1-11-6(9)4(7(12)14-2)5(10-11)8(13)15-3/h1-3H3. The highest BCUT2D eigenvalue weighted by atomic mass is 19.1. The van der Waals surface area contributed by atoms with Gasteiger partial charge >= 0.3 is 11.9 Å². The lowest BCUT2D eigenvalue weighted by Crippen LogP contribution is -2.11. The number of halogens is 1. The molecule has 0 saturated carbocycles. The van der Waals surface area contributed by atoms with E-state index in [2.05, 4.69) is 14.6 Å². The highest BCUT2D eigenvalue weighted by molar-refractivity contribution is 6.01. The molecular formula is C8H9FN2O4. The van der Waals surface area contributed by atoms with Crippen LogP contribution < -0.4 is 0 Å². The Hall–Kier alpha value is -1.92. The maximum Gasteiger partial charge on any atom is 0.359 e. The van der Waals surface area contributed by atoms with E-state index in [1.807, 2.05) is 0 Å². The molecule has 0 aliphatic rings. The van der Waals surface area contributed by atoms with Crippen LogP contribution in [0.25, 0.3) is 0 Å². The van der Waals surface area contributed by atoms with Crippen molar-refractivity contribution in [1.82, 2.24) is 9.78 Å². The van der Waals surface area contributed by atoms with Crippen molar-refractivity contribution in [2.45, 2.75) is 0 Å². The highest BCUT2D eigenvalue weighted by Gasteiger charge is 2.28. The predicted molar refractivity (Wildman–Crippen MR) is 45.8 cm³/mol. The number of aromatic nitrogens is 2. The number of esters is 2. The third-order valence-corrected chi connectivity index (χ3v) is 1.75. The van der Waals surface area contributed by atoms with Crippen molar-refractivity contribution in [2.24, 2.45) is 7.05 Å². The summed E-state index contributed by atoms with van der Waals surface area (Å²) in [4.78, 5) is 22.3. The molecule has 0 aliphatic heterocycles. The minimum atomic E-state index is -0.971. The van der Waals surface area contributed by atoms with Gasteiger partial charge in [0.15, 0.2) is 5.69 Å². The number of hydrogen-bond acceptors (Lipinski definition) is 5. The molecule has 15 heavy (non-hydrogen) atoms. The van der Waals surface area contributed by atoms with Crippen molar-refractivity contribution < 1.29 is 23.5 Å². The quantitative estimate of drug-likeness (QED) is 0.657. The highest BCUT2D eigenvalue weighted by Crippen LogP contribution is 2.14. The van der Waals surface area contributed by atoms with Gasteiger partial charge in [-0.05, 0) is 0 Å². The lowest BCUT2D eigenvalue weighted by molar-refractivity contribution is 0.0548. The number of nitrogens with zero attached hydrogens (tertiary/aromatic N) is 2. The molecule has 0 bridgehead atoms. The van der Waals surface area contributed by atoms with E-state index >= 15 is 0 Å². The maximum absolute atomic E-state index is 13.3. The third kappa shape index (κ3) is 1.80. The molecule has 0 N–H and O–H groups in total. The molecule has 1 rings (SSSR count). The molecule has 82 valence electrons. The average Bonchev–Trinajstić information content (AvgIpc) is 2.53. The summed E-state index contributed by atoms with van der Waals surface area (Å²) < 4.78 is 22.8. The summed E-state index contributed by atoms with van der Waals surface area (Å²) in [5.41, 5.74) is -0.920. The molecule has 0 amide bonds. The van der Waals surface area contributed by atoms with Crippen LogP contribution in [0.4, 0.5) is 4.39 Å². The Kier molecular flexibility index (Phi) is 3.03. The zero-order valence-corrected chi connectivity index (χ0v) is 8.41. The van der Waals surface area contributed by atoms with Gasteiger partial charge < -0.3 is 9.47 Å². The molecule has 1 aromatic rings. The summed E-state index contributed by atoms with van der Waals surface area (Å²) >= 11 is 0. The number of hydrogen-bond donors (Lipinski definition) is 0. The van der Waals surface area contributed by atoms with Gasteiger partial charge in [0.1, 0.15) is 5.56 Å². The first-order valence-corrected chi connectivity index (χ1v) is 3.92. The zero-order chi connectivity index (χ0) is 11.6. The first-order valence-electron chi connectivity index (χ1n) is 3.92. The first-order chi connectivity index (χ1) is 7.02. The van der Waals surface area contributed by atoms with Gasteiger partial charge in [-0.25, -0.2) is 14.3 Å². The summed E-state index contributed by atoms with van der Waals surface area (Å²) in [6, 6.07) is 0. The van der Waals surface area contributed by atoms with E-state index in [1.165, 1.54) is 7.05 Å². The summed E-state index contributed by atoms with van der Waals surface area (Å²) in [6.07, 6.45) is 0. The summed E-state index contributed by atoms with van der Waals surface area (Å²) in [7, 11) is 3.44. The van der Waals surface area contributed by atoms with Crippen LogP contribution in [0.15, 0.2) is 0 Å². The third-order valence-electron chi connectivity index (χ3n) is 1.75. The van der Waals surface area contributed by atoms with Gasteiger partial charge in [0.05, 0.1) is 14.2 Å². The normalized spacial score (nSPS) is 9.87. The van der Waals surface area contributed by atoms with Gasteiger partial charge in [-0.1, -0.05) is 0 Å². The number of carbonyl (C=O) groups excluding carboxylic acids is 2. The largest absolute Gasteiger partial charge is 0.465 e. The van der Waals surface area contributed by atoms with Crippen LogP contribution >= 0.6 is 0 Å². The molecule has 7 heteroatoms. The van der Waals surface area contributed by atoms with Crippen molar-refractivity contribution >= 4 is 11.9 Å². The Morgan fingerprint density at radius 2 is 1.80 bits per heavy atom. The summed E-state index contributed by atoms with van der Waals surface area (Å²) in [5, 5.41) is 3.52. The first kappa shape index (κ1) is 11.2. The Balaban J connectivity index is 3.33. The van der Waals surface area contributed by atoms with Crippen LogP contribution in [0.1, 0.15) is 20.8 Å². The summed E-state index contributed by atoms with van der Waals surface area (Å²) in [5.74, 6) is -2.81. The van der Waals surface area contributed by atoms with Crippen LogP contribution in [-0.2, 0) is 16.5 Å². The van der Waals surface area contributed by atoms with Crippen LogP contribution in [0, 0.1) is 5.95 Å². The molecule has 0 aliphatic carbocycles. The smallest absolute Gasteiger partial charge is 0.359 e. The zero-order valence-electron chi connectivity index (χ0n) is 8.41. The van der Waals surface area contributed by atoms with E-state index in [-0.39, 0.29) is 0 Å². The molecule has 0 spiro atoms. The van der Waals surface area contributed by atoms with Gasteiger partial charge in [0.25, 0.3) is 0 Å². The fourth-order valence-corrected chi connectivity index (χ4v) is 1.03. The van der Waals surface area contributed by atoms with Gasteiger partial charge in [-0.2, -0.15) is 9.49 Å². The minimum absolute atomic E-state index is 0.399. The second-order valence-corrected chi connectivity index (χ2v) is 2.62. The number of methoxy groups -OCH3 is 2. The van der Waals surface area contributed by atoms with E-state index in [1.54, 1.807) is 0 Å². The Labute approximate surface area is 84.6 Å². The molecule has 0 saturated heterocycles. The van der Waals surface area contributed by atoms with Gasteiger partial charge in [-0.3, -0.25) is 0 Å². The van der Waals surface area contributed by atoms with Crippen LogP contribution in [-0.4, -0.2) is 35.9 Å². The molecule has 0 atom stereocenters. The van der Waals surface area contributed by atoms with Crippen molar-refractivity contribution in [1.29, 1.82) is 0 Å². The fraction of sp³-hybridized carbons (Fsp3) is 0.375. The number of aryl methyl sites for hydroxylation is 1. The second kappa shape index (κ2) is 4.07. The SMILES string of the molecule is COC(=O)c1nn(C)c(F)c1C(=O)OC. The summed E-state index contributed by atoms with van der Waals surface area (Å²) in [6.45, 7) is 0. The molecule has 6 nitrogen and oxygen atoms in total. The predicted octanol–water partition coefficient (Wildman–Crippen LogP) is 0.132. The van der Waals surface area contributed by atoms with Crippen LogP contribution in [0.2, 0.25) is 0 Å². The van der Waals surface area contributed by atoms with Gasteiger partial charge in [-0.15, -0.1) is 0 Å². The monoisotopic (exact) mass is 216 g/mol. The molecule has 0 fully saturated rings. The average molecular weight is 216 g/mol. The Morgan fingerprint density at radius 3 is 2.27 bits per heavy atom. The van der Waals surface area contributed by atoms with Crippen molar-refractivity contribution in [3.05, 3.63) is 17.2 Å². The van der Waals surface area contributed by atoms with E-state index in [4.69, 9.17) is 0 Å². The molecule has 0 unspecified atom stereocenters. The Morgan fingerprint density at radius 1 is 1.27 bits per heavy atom.